The first kappa shape index (κ1) is 21.2. The van der Waals surface area contributed by atoms with E-state index in [2.05, 4.69) is 19.2 Å². The Balaban J connectivity index is 4.59. The zero-order valence-corrected chi connectivity index (χ0v) is 15.2. The molecule has 0 aliphatic rings. The Morgan fingerprint density at radius 3 is 2.32 bits per heavy atom. The van der Waals surface area contributed by atoms with Gasteiger partial charge >= 0.3 is 6.09 Å². The average molecular weight is 317 g/mol. The summed E-state index contributed by atoms with van der Waals surface area (Å²) < 4.78 is 10.3. The Hall–Kier alpha value is -0.810. The number of amides is 1. The summed E-state index contributed by atoms with van der Waals surface area (Å²) in [6.07, 6.45) is 3.23. The van der Waals surface area contributed by atoms with Crippen molar-refractivity contribution < 1.29 is 19.4 Å². The fraction of sp³-hybridized carbons (Fsp3) is 0.941. The minimum atomic E-state index is -0.511. The van der Waals surface area contributed by atoms with Gasteiger partial charge in [0.2, 0.25) is 0 Å². The van der Waals surface area contributed by atoms with Crippen LogP contribution < -0.4 is 5.32 Å². The summed E-state index contributed by atoms with van der Waals surface area (Å²) in [5.41, 5.74) is -0.804. The molecule has 1 unspecified atom stereocenters. The summed E-state index contributed by atoms with van der Waals surface area (Å²) >= 11 is 0. The molecule has 2 N–H and O–H groups in total. The number of hydrogen-bond acceptors (Lipinski definition) is 4. The van der Waals surface area contributed by atoms with Crippen molar-refractivity contribution in [3.8, 4) is 0 Å². The Kier molecular flexibility index (Phi) is 9.69. The van der Waals surface area contributed by atoms with Crippen LogP contribution in [0.25, 0.3) is 0 Å². The minimum absolute atomic E-state index is 0.0635. The van der Waals surface area contributed by atoms with Crippen LogP contribution in [0.5, 0.6) is 0 Å². The van der Waals surface area contributed by atoms with Gasteiger partial charge in [0.15, 0.2) is 0 Å². The fourth-order valence-corrected chi connectivity index (χ4v) is 2.65. The molecule has 0 spiro atoms. The van der Waals surface area contributed by atoms with E-state index in [4.69, 9.17) is 9.47 Å². The van der Waals surface area contributed by atoms with Gasteiger partial charge < -0.3 is 19.9 Å². The molecule has 5 heteroatoms. The quantitative estimate of drug-likeness (QED) is 0.606. The van der Waals surface area contributed by atoms with Crippen LogP contribution in [0.15, 0.2) is 0 Å². The predicted octanol–water partition coefficient (Wildman–Crippen LogP) is 3.35. The predicted molar refractivity (Wildman–Crippen MR) is 88.9 cm³/mol. The molecule has 1 atom stereocenters. The van der Waals surface area contributed by atoms with Crippen molar-refractivity contribution in [3.05, 3.63) is 0 Å². The zero-order valence-electron chi connectivity index (χ0n) is 15.2. The summed E-state index contributed by atoms with van der Waals surface area (Å²) in [6, 6.07) is 0. The molecular weight excluding hydrogens is 282 g/mol. The molecule has 1 amide bonds. The van der Waals surface area contributed by atoms with Crippen LogP contribution in [-0.2, 0) is 9.47 Å². The van der Waals surface area contributed by atoms with Gasteiger partial charge in [-0.15, -0.1) is 0 Å². The van der Waals surface area contributed by atoms with Crippen molar-refractivity contribution in [3.63, 3.8) is 0 Å². The maximum absolute atomic E-state index is 11.8. The van der Waals surface area contributed by atoms with Crippen molar-refractivity contribution in [2.75, 3.05) is 26.9 Å². The van der Waals surface area contributed by atoms with E-state index in [0.29, 0.717) is 12.5 Å². The highest BCUT2D eigenvalue weighted by atomic mass is 16.6. The van der Waals surface area contributed by atoms with Crippen molar-refractivity contribution >= 4 is 6.09 Å². The van der Waals surface area contributed by atoms with Gasteiger partial charge in [-0.05, 0) is 46.0 Å². The first-order valence-corrected chi connectivity index (χ1v) is 8.21. The Morgan fingerprint density at radius 2 is 1.86 bits per heavy atom. The lowest BCUT2D eigenvalue weighted by atomic mass is 9.76. The second-order valence-electron chi connectivity index (χ2n) is 7.56. The van der Waals surface area contributed by atoms with Gasteiger partial charge in [-0.2, -0.15) is 0 Å². The summed E-state index contributed by atoms with van der Waals surface area (Å²) in [5.74, 6) is 0.454. The third-order valence-corrected chi connectivity index (χ3v) is 3.49. The van der Waals surface area contributed by atoms with E-state index in [9.17, 15) is 9.90 Å². The van der Waals surface area contributed by atoms with Crippen LogP contribution in [0.3, 0.4) is 0 Å². The first-order valence-electron chi connectivity index (χ1n) is 8.21. The molecular formula is C17H35NO4. The Morgan fingerprint density at radius 1 is 1.23 bits per heavy atom. The lowest BCUT2D eigenvalue weighted by Crippen LogP contribution is -2.43. The van der Waals surface area contributed by atoms with Gasteiger partial charge in [-0.3, -0.25) is 0 Å². The molecule has 0 saturated carbocycles. The lowest BCUT2D eigenvalue weighted by Gasteiger charge is -2.34. The second kappa shape index (κ2) is 10.1. The van der Waals surface area contributed by atoms with Gasteiger partial charge in [0.25, 0.3) is 0 Å². The highest BCUT2D eigenvalue weighted by Crippen LogP contribution is 2.31. The van der Waals surface area contributed by atoms with Gasteiger partial charge in [-0.1, -0.05) is 20.3 Å². The summed E-state index contributed by atoms with van der Waals surface area (Å²) in [4.78, 5) is 11.8. The van der Waals surface area contributed by atoms with Crippen LogP contribution in [0.2, 0.25) is 0 Å². The maximum Gasteiger partial charge on any atom is 0.407 e. The van der Waals surface area contributed by atoms with Gasteiger partial charge in [-0.25, -0.2) is 4.79 Å². The summed E-state index contributed by atoms with van der Waals surface area (Å²) in [7, 11) is 1.69. The molecule has 0 bridgehead atoms. The topological polar surface area (TPSA) is 67.8 Å². The molecule has 5 nitrogen and oxygen atoms in total. The number of aliphatic hydroxyl groups is 1. The molecule has 0 fully saturated rings. The standard InChI is InChI=1S/C17H35NO4/c1-14(2)11-17(13-19,9-7-8-10-21-6)12-18-15(20)22-16(3,4)5/h14,19H,7-13H2,1-6H3,(H,18,20). The lowest BCUT2D eigenvalue weighted by molar-refractivity contribution is 0.0417. The molecule has 22 heavy (non-hydrogen) atoms. The van der Waals surface area contributed by atoms with Gasteiger partial charge in [0, 0.05) is 25.7 Å². The Labute approximate surface area is 135 Å². The first-order chi connectivity index (χ1) is 10.1. The van der Waals surface area contributed by atoms with E-state index in [-0.39, 0.29) is 12.0 Å². The molecule has 0 aromatic rings. The summed E-state index contributed by atoms with van der Waals surface area (Å²) in [6.45, 7) is 11.0. The molecule has 132 valence electrons. The molecule has 0 aromatic carbocycles. The highest BCUT2D eigenvalue weighted by molar-refractivity contribution is 5.67. The molecule has 0 radical (unpaired) electrons. The number of rotatable bonds is 10. The molecule has 0 aromatic heterocycles. The van der Waals surface area contributed by atoms with E-state index in [0.717, 1.165) is 32.3 Å². The third kappa shape index (κ3) is 10.0. The molecule has 0 rings (SSSR count). The van der Waals surface area contributed by atoms with Gasteiger partial charge in [0.05, 0.1) is 6.61 Å². The number of methoxy groups -OCH3 is 1. The van der Waals surface area contributed by atoms with E-state index < -0.39 is 11.7 Å². The van der Waals surface area contributed by atoms with E-state index in [1.807, 2.05) is 20.8 Å². The van der Waals surface area contributed by atoms with Crippen LogP contribution in [0, 0.1) is 11.3 Å². The zero-order chi connectivity index (χ0) is 17.2. The van der Waals surface area contributed by atoms with Crippen molar-refractivity contribution in [2.24, 2.45) is 11.3 Å². The number of hydrogen-bond donors (Lipinski definition) is 2. The number of carbonyl (C=O) groups is 1. The largest absolute Gasteiger partial charge is 0.444 e. The van der Waals surface area contributed by atoms with Crippen molar-refractivity contribution in [1.82, 2.24) is 5.32 Å². The number of alkyl carbamates (subject to hydrolysis) is 1. The highest BCUT2D eigenvalue weighted by Gasteiger charge is 2.31. The molecule has 0 heterocycles. The molecule has 0 saturated heterocycles. The number of unbranched alkanes of at least 4 members (excludes halogenated alkanes) is 1. The van der Waals surface area contributed by atoms with Crippen molar-refractivity contribution in [1.29, 1.82) is 0 Å². The summed E-state index contributed by atoms with van der Waals surface area (Å²) in [5, 5.41) is 12.7. The molecule has 0 aliphatic heterocycles. The van der Waals surface area contributed by atoms with Gasteiger partial charge in [0.1, 0.15) is 5.60 Å². The number of ether oxygens (including phenoxy) is 2. The number of nitrogens with one attached hydrogen (secondary N) is 1. The number of aliphatic hydroxyl groups excluding tert-OH is 1. The average Bonchev–Trinajstić information content (AvgIpc) is 2.38. The van der Waals surface area contributed by atoms with Crippen molar-refractivity contribution in [2.45, 2.75) is 65.9 Å². The van der Waals surface area contributed by atoms with Crippen LogP contribution in [0.4, 0.5) is 4.79 Å². The van der Waals surface area contributed by atoms with E-state index in [1.54, 1.807) is 7.11 Å². The Bertz CT molecular complexity index is 312. The molecule has 0 aliphatic carbocycles. The minimum Gasteiger partial charge on any atom is -0.444 e. The second-order valence-corrected chi connectivity index (χ2v) is 7.56. The normalized spacial score (nSPS) is 14.7. The SMILES string of the molecule is COCCCCC(CO)(CNC(=O)OC(C)(C)C)CC(C)C. The van der Waals surface area contributed by atoms with Crippen LogP contribution in [0.1, 0.15) is 60.3 Å². The third-order valence-electron chi connectivity index (χ3n) is 3.49. The van der Waals surface area contributed by atoms with Crippen LogP contribution >= 0.6 is 0 Å². The smallest absolute Gasteiger partial charge is 0.407 e. The van der Waals surface area contributed by atoms with E-state index in [1.165, 1.54) is 0 Å². The maximum atomic E-state index is 11.8. The fourth-order valence-electron chi connectivity index (χ4n) is 2.65. The monoisotopic (exact) mass is 317 g/mol. The number of carbonyl (C=O) groups excluding carboxylic acids is 1. The van der Waals surface area contributed by atoms with E-state index >= 15 is 0 Å². The van der Waals surface area contributed by atoms with Crippen LogP contribution in [-0.4, -0.2) is 43.7 Å².